The minimum Gasteiger partial charge on any atom is -0.497 e. The summed E-state index contributed by atoms with van der Waals surface area (Å²) in [5.74, 6) is -0.485. The van der Waals surface area contributed by atoms with Gasteiger partial charge >= 0.3 is 5.76 Å². The van der Waals surface area contributed by atoms with Crippen molar-refractivity contribution in [2.75, 3.05) is 13.7 Å². The maximum Gasteiger partial charge on any atom is 0.416 e. The molecule has 1 aromatic carbocycles. The van der Waals surface area contributed by atoms with E-state index < -0.39 is 11.7 Å². The van der Waals surface area contributed by atoms with Gasteiger partial charge in [-0.2, -0.15) is 0 Å². The van der Waals surface area contributed by atoms with Crippen LogP contribution in [0.2, 0.25) is 0 Å². The number of hydrogen-bond donors (Lipinski definition) is 3. The number of carbonyl (C=O) groups is 2. The zero-order valence-electron chi connectivity index (χ0n) is 17.1. The topological polar surface area (TPSA) is 120 Å². The molecule has 1 aliphatic rings. The Morgan fingerprint density at radius 3 is 2.80 bits per heavy atom. The van der Waals surface area contributed by atoms with E-state index in [0.717, 1.165) is 41.3 Å². The van der Waals surface area contributed by atoms with Crippen molar-refractivity contribution in [1.82, 2.24) is 20.2 Å². The fourth-order valence-electron chi connectivity index (χ4n) is 4.05. The smallest absolute Gasteiger partial charge is 0.416 e. The number of amides is 2. The quantitative estimate of drug-likeness (QED) is 0.607. The Balaban J connectivity index is 1.55. The lowest BCUT2D eigenvalue weighted by Gasteiger charge is -2.39. The molecule has 2 aromatic heterocycles. The molecular weight excluding hydrogens is 388 g/mol. The van der Waals surface area contributed by atoms with E-state index in [1.54, 1.807) is 12.0 Å². The number of oxazole rings is 1. The lowest BCUT2D eigenvalue weighted by molar-refractivity contribution is 0.0551. The lowest BCUT2D eigenvalue weighted by Crippen LogP contribution is -2.55. The molecule has 9 heteroatoms. The number of nitrogens with zero attached hydrogens (tertiary/aromatic N) is 1. The Labute approximate surface area is 172 Å². The SMILES string of the molecule is COc1ccc2[nH]c(C(=O)N3CCCC(NC(=O)c4coc(=O)[nH]4)C3C)c(C)c2c1. The van der Waals surface area contributed by atoms with Crippen molar-refractivity contribution < 1.29 is 18.7 Å². The fourth-order valence-corrected chi connectivity index (χ4v) is 4.05. The summed E-state index contributed by atoms with van der Waals surface area (Å²) in [5.41, 5.74) is 2.34. The largest absolute Gasteiger partial charge is 0.497 e. The molecule has 2 unspecified atom stereocenters. The third kappa shape index (κ3) is 3.47. The molecule has 2 atom stereocenters. The summed E-state index contributed by atoms with van der Waals surface area (Å²) in [4.78, 5) is 44.2. The molecule has 30 heavy (non-hydrogen) atoms. The van der Waals surface area contributed by atoms with Gasteiger partial charge in [-0.15, -0.1) is 0 Å². The van der Waals surface area contributed by atoms with E-state index in [1.807, 2.05) is 32.0 Å². The summed E-state index contributed by atoms with van der Waals surface area (Å²) in [5, 5.41) is 3.84. The number of aryl methyl sites for hydroxylation is 1. The summed E-state index contributed by atoms with van der Waals surface area (Å²) in [6.45, 7) is 4.43. The highest BCUT2D eigenvalue weighted by atomic mass is 16.5. The summed E-state index contributed by atoms with van der Waals surface area (Å²) < 4.78 is 9.92. The zero-order chi connectivity index (χ0) is 21.4. The number of likely N-dealkylation sites (tertiary alicyclic amines) is 1. The number of fused-ring (bicyclic) bond motifs is 1. The van der Waals surface area contributed by atoms with Gasteiger partial charge in [-0.25, -0.2) is 4.79 Å². The van der Waals surface area contributed by atoms with Crippen LogP contribution in [-0.4, -0.2) is 52.4 Å². The molecule has 3 heterocycles. The van der Waals surface area contributed by atoms with Crippen LogP contribution in [0, 0.1) is 6.92 Å². The van der Waals surface area contributed by atoms with Gasteiger partial charge in [-0.1, -0.05) is 0 Å². The minimum atomic E-state index is -0.681. The second kappa shape index (κ2) is 7.74. The summed E-state index contributed by atoms with van der Waals surface area (Å²) in [7, 11) is 1.61. The average molecular weight is 412 g/mol. The van der Waals surface area contributed by atoms with Gasteiger partial charge in [0.25, 0.3) is 11.8 Å². The molecule has 4 rings (SSSR count). The zero-order valence-corrected chi connectivity index (χ0v) is 17.1. The number of methoxy groups -OCH3 is 1. The first-order valence-corrected chi connectivity index (χ1v) is 9.85. The Morgan fingerprint density at radius 1 is 1.30 bits per heavy atom. The number of aromatic nitrogens is 2. The first-order chi connectivity index (χ1) is 14.4. The monoisotopic (exact) mass is 412 g/mol. The Morgan fingerprint density at radius 2 is 2.10 bits per heavy atom. The molecule has 0 spiro atoms. The van der Waals surface area contributed by atoms with Crippen LogP contribution < -0.4 is 15.8 Å². The van der Waals surface area contributed by atoms with Gasteiger partial charge in [-0.05, 0) is 50.5 Å². The molecule has 3 N–H and O–H groups in total. The van der Waals surface area contributed by atoms with Crippen molar-refractivity contribution in [2.45, 2.75) is 38.8 Å². The highest BCUT2D eigenvalue weighted by Gasteiger charge is 2.34. The molecule has 1 fully saturated rings. The molecule has 9 nitrogen and oxygen atoms in total. The van der Waals surface area contributed by atoms with Crippen molar-refractivity contribution in [1.29, 1.82) is 0 Å². The fraction of sp³-hybridized carbons (Fsp3) is 0.381. The van der Waals surface area contributed by atoms with Crippen LogP contribution in [0.25, 0.3) is 10.9 Å². The molecular formula is C21H24N4O5. The number of benzene rings is 1. The number of carbonyl (C=O) groups excluding carboxylic acids is 2. The minimum absolute atomic E-state index is 0.0658. The van der Waals surface area contributed by atoms with E-state index >= 15 is 0 Å². The molecule has 158 valence electrons. The number of H-pyrrole nitrogens is 2. The van der Waals surface area contributed by atoms with Crippen LogP contribution in [0.15, 0.2) is 33.7 Å². The maximum absolute atomic E-state index is 13.3. The summed E-state index contributed by atoms with van der Waals surface area (Å²) in [6.07, 6.45) is 2.59. The van der Waals surface area contributed by atoms with Gasteiger partial charge in [-0.3, -0.25) is 14.6 Å². The second-order valence-electron chi connectivity index (χ2n) is 7.56. The van der Waals surface area contributed by atoms with Crippen molar-refractivity contribution in [3.05, 3.63) is 52.0 Å². The number of piperidine rings is 1. The molecule has 2 amide bonds. The molecule has 0 aliphatic carbocycles. The molecule has 3 aromatic rings. The Bertz CT molecular complexity index is 1160. The normalized spacial score (nSPS) is 19.1. The molecule has 1 aliphatic heterocycles. The van der Waals surface area contributed by atoms with Crippen molar-refractivity contribution in [3.8, 4) is 5.75 Å². The van der Waals surface area contributed by atoms with Crippen LogP contribution in [-0.2, 0) is 0 Å². The number of hydrogen-bond acceptors (Lipinski definition) is 5. The van der Waals surface area contributed by atoms with Gasteiger partial charge in [0.1, 0.15) is 23.4 Å². The van der Waals surface area contributed by atoms with E-state index in [4.69, 9.17) is 4.74 Å². The molecule has 0 saturated carbocycles. The Hall–Kier alpha value is -3.49. The maximum atomic E-state index is 13.3. The van der Waals surface area contributed by atoms with Crippen molar-refractivity contribution in [3.63, 3.8) is 0 Å². The summed E-state index contributed by atoms with van der Waals surface area (Å²) in [6, 6.07) is 5.20. The number of ether oxygens (including phenoxy) is 1. The first kappa shape index (κ1) is 19.8. The van der Waals surface area contributed by atoms with E-state index in [2.05, 4.69) is 19.7 Å². The predicted molar refractivity (Wildman–Crippen MR) is 110 cm³/mol. The lowest BCUT2D eigenvalue weighted by atomic mass is 9.96. The van der Waals surface area contributed by atoms with Gasteiger partial charge in [0.05, 0.1) is 7.11 Å². The van der Waals surface area contributed by atoms with Gasteiger partial charge < -0.3 is 24.4 Å². The number of rotatable bonds is 4. The highest BCUT2D eigenvalue weighted by molar-refractivity contribution is 6.01. The average Bonchev–Trinajstić information content (AvgIpc) is 3.32. The molecule has 0 radical (unpaired) electrons. The molecule has 1 saturated heterocycles. The van der Waals surface area contributed by atoms with E-state index in [-0.39, 0.29) is 23.7 Å². The van der Waals surface area contributed by atoms with Crippen LogP contribution in [0.3, 0.4) is 0 Å². The van der Waals surface area contributed by atoms with Gasteiger partial charge in [0.15, 0.2) is 0 Å². The summed E-state index contributed by atoms with van der Waals surface area (Å²) >= 11 is 0. The number of aromatic amines is 2. The van der Waals surface area contributed by atoms with Gasteiger partial charge in [0, 0.05) is 29.5 Å². The first-order valence-electron chi connectivity index (χ1n) is 9.85. The van der Waals surface area contributed by atoms with Crippen LogP contribution in [0.4, 0.5) is 0 Å². The van der Waals surface area contributed by atoms with Crippen LogP contribution in [0.5, 0.6) is 5.75 Å². The highest BCUT2D eigenvalue weighted by Crippen LogP contribution is 2.28. The standard InChI is InChI=1S/C21H24N4O5/c1-11-14-9-13(29-3)6-7-16(14)22-18(11)20(27)25-8-4-5-15(12(25)2)23-19(26)17-10-30-21(28)24-17/h6-7,9-10,12,15,22H,4-5,8H2,1-3H3,(H,23,26)(H,24,28). The third-order valence-electron chi connectivity index (χ3n) is 5.81. The number of nitrogens with one attached hydrogen (secondary N) is 3. The van der Waals surface area contributed by atoms with Gasteiger partial charge in [0.2, 0.25) is 0 Å². The Kier molecular flexibility index (Phi) is 5.11. The predicted octanol–water partition coefficient (Wildman–Crippen LogP) is 2.19. The third-order valence-corrected chi connectivity index (χ3v) is 5.81. The van der Waals surface area contributed by atoms with E-state index in [0.29, 0.717) is 12.2 Å². The van der Waals surface area contributed by atoms with E-state index in [9.17, 15) is 14.4 Å². The van der Waals surface area contributed by atoms with Crippen LogP contribution in [0.1, 0.15) is 46.3 Å². The van der Waals surface area contributed by atoms with Crippen molar-refractivity contribution in [2.24, 2.45) is 0 Å². The van der Waals surface area contributed by atoms with Crippen LogP contribution >= 0.6 is 0 Å². The van der Waals surface area contributed by atoms with Crippen molar-refractivity contribution >= 4 is 22.7 Å². The molecule has 0 bridgehead atoms. The van der Waals surface area contributed by atoms with E-state index in [1.165, 1.54) is 0 Å². The second-order valence-corrected chi connectivity index (χ2v) is 7.56.